The number of nitriles is 1. The molecule has 0 amide bonds. The summed E-state index contributed by atoms with van der Waals surface area (Å²) in [5, 5.41) is 23.2. The summed E-state index contributed by atoms with van der Waals surface area (Å²) in [6, 6.07) is 6.58. The van der Waals surface area contributed by atoms with Crippen LogP contribution in [0, 0.1) is 21.4 Å². The van der Waals surface area contributed by atoms with Crippen molar-refractivity contribution in [3.05, 3.63) is 28.3 Å². The van der Waals surface area contributed by atoms with Gasteiger partial charge in [0.15, 0.2) is 5.75 Å². The molecule has 21 heavy (non-hydrogen) atoms. The van der Waals surface area contributed by atoms with Gasteiger partial charge in [-0.05, 0) is 32.9 Å². The molecule has 114 valence electrons. The van der Waals surface area contributed by atoms with E-state index in [1.807, 2.05) is 13.8 Å². The maximum absolute atomic E-state index is 10.9. The Hall–Kier alpha value is -2.33. The lowest BCUT2D eigenvalue weighted by Crippen LogP contribution is -2.49. The van der Waals surface area contributed by atoms with E-state index in [1.54, 1.807) is 13.0 Å². The number of nitro benzene ring substituents is 1. The largest absolute Gasteiger partial charge is 0.490 e. The Morgan fingerprint density at radius 3 is 2.67 bits per heavy atom. The molecular weight excluding hydrogens is 274 g/mol. The van der Waals surface area contributed by atoms with Crippen LogP contribution in [0.4, 0.5) is 5.69 Å². The third kappa shape index (κ3) is 4.61. The molecule has 1 unspecified atom stereocenters. The van der Waals surface area contributed by atoms with Gasteiger partial charge in [-0.3, -0.25) is 15.4 Å². The Labute approximate surface area is 123 Å². The molecular formula is C14H19N3O4. The van der Waals surface area contributed by atoms with Crippen LogP contribution in [0.25, 0.3) is 0 Å². The Morgan fingerprint density at radius 1 is 1.52 bits per heavy atom. The highest BCUT2D eigenvalue weighted by Crippen LogP contribution is 2.31. The molecule has 0 aliphatic rings. The average Bonchev–Trinajstić information content (AvgIpc) is 2.44. The topological polar surface area (TPSA) is 97.4 Å². The molecule has 7 heteroatoms. The normalized spacial score (nSPS) is 13.3. The molecule has 0 radical (unpaired) electrons. The van der Waals surface area contributed by atoms with Crippen LogP contribution < -0.4 is 14.8 Å². The summed E-state index contributed by atoms with van der Waals surface area (Å²) in [6.07, 6.45) is 0. The zero-order valence-electron chi connectivity index (χ0n) is 12.5. The van der Waals surface area contributed by atoms with Crippen molar-refractivity contribution >= 4 is 5.69 Å². The van der Waals surface area contributed by atoms with Gasteiger partial charge >= 0.3 is 5.69 Å². The second-order valence-electron chi connectivity index (χ2n) is 5.12. The van der Waals surface area contributed by atoms with Crippen LogP contribution in [-0.2, 0) is 0 Å². The van der Waals surface area contributed by atoms with E-state index in [4.69, 9.17) is 9.47 Å². The van der Waals surface area contributed by atoms with Crippen LogP contribution in [0.15, 0.2) is 18.2 Å². The first-order valence-electron chi connectivity index (χ1n) is 6.45. The number of rotatable bonds is 7. The van der Waals surface area contributed by atoms with Gasteiger partial charge in [-0.2, -0.15) is 5.26 Å². The lowest BCUT2D eigenvalue weighted by molar-refractivity contribution is -0.385. The van der Waals surface area contributed by atoms with Gasteiger partial charge in [-0.15, -0.1) is 0 Å². The molecule has 0 fully saturated rings. The SMILES string of the molecule is COc1ccc(OCC(C)(C#N)NC(C)C)cc1[N+](=O)[O-]. The minimum Gasteiger partial charge on any atom is -0.490 e. The van der Waals surface area contributed by atoms with E-state index in [2.05, 4.69) is 11.4 Å². The van der Waals surface area contributed by atoms with E-state index >= 15 is 0 Å². The lowest BCUT2D eigenvalue weighted by Gasteiger charge is -2.25. The van der Waals surface area contributed by atoms with Crippen LogP contribution in [0.3, 0.4) is 0 Å². The van der Waals surface area contributed by atoms with Crippen molar-refractivity contribution in [2.45, 2.75) is 32.4 Å². The van der Waals surface area contributed by atoms with Crippen LogP contribution in [0.1, 0.15) is 20.8 Å². The first-order chi connectivity index (χ1) is 9.81. The molecule has 0 aromatic heterocycles. The second-order valence-corrected chi connectivity index (χ2v) is 5.12. The molecule has 7 nitrogen and oxygen atoms in total. The molecule has 1 atom stereocenters. The average molecular weight is 293 g/mol. The first-order valence-corrected chi connectivity index (χ1v) is 6.45. The summed E-state index contributed by atoms with van der Waals surface area (Å²) in [7, 11) is 1.36. The number of nitrogens with zero attached hydrogens (tertiary/aromatic N) is 2. The van der Waals surface area contributed by atoms with Crippen molar-refractivity contribution in [2.75, 3.05) is 13.7 Å². The molecule has 0 heterocycles. The monoisotopic (exact) mass is 293 g/mol. The summed E-state index contributed by atoms with van der Waals surface area (Å²) in [5.74, 6) is 0.477. The first kappa shape index (κ1) is 16.7. The minimum absolute atomic E-state index is 0.0746. The summed E-state index contributed by atoms with van der Waals surface area (Å²) in [5.41, 5.74) is -1.05. The van der Waals surface area contributed by atoms with E-state index in [0.29, 0.717) is 5.75 Å². The molecule has 0 saturated heterocycles. The maximum Gasteiger partial charge on any atom is 0.314 e. The molecule has 0 spiro atoms. The summed E-state index contributed by atoms with van der Waals surface area (Å²) in [6.45, 7) is 5.64. The van der Waals surface area contributed by atoms with E-state index in [0.717, 1.165) is 0 Å². The molecule has 0 aliphatic carbocycles. The molecule has 0 aliphatic heterocycles. The van der Waals surface area contributed by atoms with Gasteiger partial charge in [0.1, 0.15) is 17.9 Å². The quantitative estimate of drug-likeness (QED) is 0.611. The van der Waals surface area contributed by atoms with Crippen molar-refractivity contribution in [3.63, 3.8) is 0 Å². The predicted octanol–water partition coefficient (Wildman–Crippen LogP) is 2.26. The predicted molar refractivity (Wildman–Crippen MR) is 77.4 cm³/mol. The summed E-state index contributed by atoms with van der Waals surface area (Å²) in [4.78, 5) is 10.4. The van der Waals surface area contributed by atoms with Crippen LogP contribution in [0.2, 0.25) is 0 Å². The van der Waals surface area contributed by atoms with Crippen LogP contribution >= 0.6 is 0 Å². The van der Waals surface area contributed by atoms with Gasteiger partial charge in [-0.1, -0.05) is 0 Å². The van der Waals surface area contributed by atoms with Crippen molar-refractivity contribution in [3.8, 4) is 17.6 Å². The Balaban J connectivity index is 2.87. The van der Waals surface area contributed by atoms with Crippen molar-refractivity contribution in [1.29, 1.82) is 5.26 Å². The molecule has 0 saturated carbocycles. The highest BCUT2D eigenvalue weighted by molar-refractivity contribution is 5.50. The van der Waals surface area contributed by atoms with Gasteiger partial charge in [0.25, 0.3) is 0 Å². The fourth-order valence-electron chi connectivity index (χ4n) is 1.87. The zero-order chi connectivity index (χ0) is 16.0. The smallest absolute Gasteiger partial charge is 0.314 e. The summed E-state index contributed by atoms with van der Waals surface area (Å²) < 4.78 is 10.4. The molecule has 1 N–H and O–H groups in total. The lowest BCUT2D eigenvalue weighted by atomic mass is 10.1. The second kappa shape index (κ2) is 6.90. The molecule has 0 bridgehead atoms. The number of methoxy groups -OCH3 is 1. The Morgan fingerprint density at radius 2 is 2.19 bits per heavy atom. The number of nitro groups is 1. The van der Waals surface area contributed by atoms with E-state index < -0.39 is 10.5 Å². The third-order valence-electron chi connectivity index (χ3n) is 2.73. The Kier molecular flexibility index (Phi) is 5.50. The Bertz CT molecular complexity index is 554. The minimum atomic E-state index is -0.872. The van der Waals surface area contributed by atoms with E-state index in [-0.39, 0.29) is 24.1 Å². The van der Waals surface area contributed by atoms with Crippen molar-refractivity contribution in [2.24, 2.45) is 0 Å². The summed E-state index contributed by atoms with van der Waals surface area (Å²) >= 11 is 0. The van der Waals surface area contributed by atoms with Crippen molar-refractivity contribution in [1.82, 2.24) is 5.32 Å². The molecule has 1 aromatic rings. The van der Waals surface area contributed by atoms with Gasteiger partial charge in [0, 0.05) is 6.04 Å². The number of benzene rings is 1. The fourth-order valence-corrected chi connectivity index (χ4v) is 1.87. The van der Waals surface area contributed by atoms with Gasteiger partial charge in [0.2, 0.25) is 0 Å². The number of hydrogen-bond acceptors (Lipinski definition) is 6. The van der Waals surface area contributed by atoms with Gasteiger partial charge in [0.05, 0.1) is 24.2 Å². The van der Waals surface area contributed by atoms with E-state index in [1.165, 1.54) is 19.2 Å². The molecule has 1 rings (SSSR count). The highest BCUT2D eigenvalue weighted by Gasteiger charge is 2.26. The number of nitrogens with one attached hydrogen (secondary N) is 1. The van der Waals surface area contributed by atoms with Gasteiger partial charge < -0.3 is 9.47 Å². The standard InChI is InChI=1S/C14H19N3O4/c1-10(2)16-14(3,8-15)9-21-11-5-6-13(20-4)12(7-11)17(18)19/h5-7,10,16H,9H2,1-4H3. The highest BCUT2D eigenvalue weighted by atomic mass is 16.6. The molecule has 1 aromatic carbocycles. The fraction of sp³-hybridized carbons (Fsp3) is 0.500. The van der Waals surface area contributed by atoms with E-state index in [9.17, 15) is 15.4 Å². The zero-order valence-corrected chi connectivity index (χ0v) is 12.5. The van der Waals surface area contributed by atoms with Crippen LogP contribution in [-0.4, -0.2) is 30.2 Å². The third-order valence-corrected chi connectivity index (χ3v) is 2.73. The number of ether oxygens (including phenoxy) is 2. The number of hydrogen-bond donors (Lipinski definition) is 1. The maximum atomic E-state index is 10.9. The van der Waals surface area contributed by atoms with Crippen molar-refractivity contribution < 1.29 is 14.4 Å². The van der Waals surface area contributed by atoms with Gasteiger partial charge in [-0.25, -0.2) is 0 Å². The van der Waals surface area contributed by atoms with Crippen LogP contribution in [0.5, 0.6) is 11.5 Å².